The lowest BCUT2D eigenvalue weighted by molar-refractivity contribution is -0.140. The molecule has 0 saturated carbocycles. The molecule has 0 fully saturated rings. The van der Waals surface area contributed by atoms with Gasteiger partial charge in [-0.25, -0.2) is 17.4 Å². The number of carbonyl (C=O) groups is 3. The van der Waals surface area contributed by atoms with Crippen LogP contribution < -0.4 is 24.8 Å². The molecule has 2 atom stereocenters. The second-order valence-electron chi connectivity index (χ2n) is 10.6. The quantitative estimate of drug-likeness (QED) is 0.144. The van der Waals surface area contributed by atoms with Crippen LogP contribution in [0.1, 0.15) is 24.5 Å². The SMILES string of the molecule is CCN1Sc2cc3c(cc2CC1C(=O)N[C@@H](Cc1ccccc1)C(=O)C(=O)NCCCNS(=O)(=O)c1ccccc1)OCCO3. The first-order valence-electron chi connectivity index (χ1n) is 14.8. The smallest absolute Gasteiger partial charge is 0.289 e. The fourth-order valence-corrected chi connectivity index (χ4v) is 7.31. The normalized spacial score (nSPS) is 16.7. The molecule has 0 bridgehead atoms. The van der Waals surface area contributed by atoms with E-state index in [-0.39, 0.29) is 36.7 Å². The van der Waals surface area contributed by atoms with Gasteiger partial charge in [0.05, 0.1) is 4.90 Å². The molecule has 5 rings (SSSR count). The van der Waals surface area contributed by atoms with Crippen molar-refractivity contribution in [3.05, 3.63) is 83.9 Å². The Morgan fingerprint density at radius 3 is 2.31 bits per heavy atom. The summed E-state index contributed by atoms with van der Waals surface area (Å²) in [4.78, 5) is 41.2. The van der Waals surface area contributed by atoms with Crippen LogP contribution in [-0.4, -0.2) is 75.3 Å². The van der Waals surface area contributed by atoms with Crippen LogP contribution in [0.25, 0.3) is 0 Å². The number of Topliss-reactive ketones (excluding diaryl/α,β-unsaturated/α-hetero) is 1. The van der Waals surface area contributed by atoms with E-state index < -0.39 is 33.8 Å². The second-order valence-corrected chi connectivity index (χ2v) is 13.4. The zero-order valence-electron chi connectivity index (χ0n) is 24.9. The van der Waals surface area contributed by atoms with E-state index in [0.29, 0.717) is 37.7 Å². The first-order valence-corrected chi connectivity index (χ1v) is 17.1. The Kier molecular flexibility index (Phi) is 10.8. The molecule has 2 aliphatic rings. The Labute approximate surface area is 267 Å². The summed E-state index contributed by atoms with van der Waals surface area (Å²) in [5.41, 5.74) is 1.74. The maximum Gasteiger partial charge on any atom is 0.289 e. The average Bonchev–Trinajstić information content (AvgIpc) is 3.06. The van der Waals surface area contributed by atoms with Crippen molar-refractivity contribution in [2.24, 2.45) is 0 Å². The first-order chi connectivity index (χ1) is 21.7. The van der Waals surface area contributed by atoms with Crippen LogP contribution in [0.15, 0.2) is 82.6 Å². The summed E-state index contributed by atoms with van der Waals surface area (Å²) < 4.78 is 40.7. The Bertz CT molecular complexity index is 1620. The number of likely N-dealkylation sites (N-methyl/N-ethyl adjacent to an activating group) is 1. The van der Waals surface area contributed by atoms with E-state index in [1.54, 1.807) is 18.2 Å². The minimum atomic E-state index is -3.68. The number of benzene rings is 3. The molecule has 3 aromatic rings. The van der Waals surface area contributed by atoms with Gasteiger partial charge in [-0.3, -0.25) is 14.4 Å². The molecule has 11 nitrogen and oxygen atoms in total. The average molecular weight is 653 g/mol. The van der Waals surface area contributed by atoms with E-state index in [4.69, 9.17) is 9.47 Å². The number of carbonyl (C=O) groups excluding carboxylic acids is 3. The van der Waals surface area contributed by atoms with Gasteiger partial charge < -0.3 is 20.1 Å². The number of rotatable bonds is 13. The van der Waals surface area contributed by atoms with Crippen LogP contribution in [0, 0.1) is 0 Å². The third-order valence-electron chi connectivity index (χ3n) is 7.44. The van der Waals surface area contributed by atoms with Crippen molar-refractivity contribution >= 4 is 39.6 Å². The zero-order chi connectivity index (χ0) is 31.8. The Morgan fingerprint density at radius 2 is 1.62 bits per heavy atom. The summed E-state index contributed by atoms with van der Waals surface area (Å²) in [6.45, 7) is 3.61. The standard InChI is InChI=1S/C32H36N4O7S2/c1-2-36-26(19-23-20-27-28(21-29(23)44-36)43-17-16-42-27)31(38)35-25(18-22-10-5-3-6-11-22)30(37)32(39)33-14-9-15-34-45(40,41)24-12-7-4-8-13-24/h3-8,10-13,20-21,25-26,34H,2,9,14-19H2,1H3,(H,33,39)(H,35,38)/t25-,26?/m0/s1. The van der Waals surface area contributed by atoms with Crippen molar-refractivity contribution < 1.29 is 32.3 Å². The zero-order valence-corrected chi connectivity index (χ0v) is 26.5. The number of hydrogen-bond acceptors (Lipinski definition) is 9. The summed E-state index contributed by atoms with van der Waals surface area (Å²) in [5, 5.41) is 5.44. The summed E-state index contributed by atoms with van der Waals surface area (Å²) in [5.74, 6) is -0.654. The highest BCUT2D eigenvalue weighted by molar-refractivity contribution is 7.97. The van der Waals surface area contributed by atoms with Gasteiger partial charge in [-0.2, -0.15) is 0 Å². The molecule has 0 saturated heterocycles. The second kappa shape index (κ2) is 14.9. The van der Waals surface area contributed by atoms with E-state index in [0.717, 1.165) is 16.0 Å². The minimum Gasteiger partial charge on any atom is -0.486 e. The van der Waals surface area contributed by atoms with Crippen LogP contribution in [0.5, 0.6) is 11.5 Å². The molecule has 0 aromatic heterocycles. The first kappa shape index (κ1) is 32.5. The van der Waals surface area contributed by atoms with Gasteiger partial charge in [0.2, 0.25) is 21.7 Å². The van der Waals surface area contributed by atoms with E-state index in [1.165, 1.54) is 24.1 Å². The summed E-state index contributed by atoms with van der Waals surface area (Å²) >= 11 is 1.45. The van der Waals surface area contributed by atoms with Crippen molar-refractivity contribution in [2.75, 3.05) is 32.8 Å². The molecule has 238 valence electrons. The van der Waals surface area contributed by atoms with Gasteiger partial charge in [-0.15, -0.1) is 0 Å². The summed E-state index contributed by atoms with van der Waals surface area (Å²) in [7, 11) is -3.68. The molecule has 1 unspecified atom stereocenters. The molecular formula is C32H36N4O7S2. The van der Waals surface area contributed by atoms with Gasteiger partial charge in [-0.1, -0.05) is 55.5 Å². The number of sulfonamides is 1. The van der Waals surface area contributed by atoms with Crippen LogP contribution in [0.3, 0.4) is 0 Å². The molecule has 3 aromatic carbocycles. The van der Waals surface area contributed by atoms with Gasteiger partial charge in [0.15, 0.2) is 11.5 Å². The van der Waals surface area contributed by atoms with Gasteiger partial charge >= 0.3 is 0 Å². The third kappa shape index (κ3) is 8.23. The lowest BCUT2D eigenvalue weighted by Crippen LogP contribution is -2.54. The van der Waals surface area contributed by atoms with Crippen LogP contribution in [-0.2, 0) is 37.2 Å². The molecule has 2 amide bonds. The Hall–Kier alpha value is -3.91. The summed E-state index contributed by atoms with van der Waals surface area (Å²) in [6, 6.07) is 19.3. The molecule has 0 aliphatic carbocycles. The van der Waals surface area contributed by atoms with Crippen molar-refractivity contribution in [1.29, 1.82) is 0 Å². The Balaban J connectivity index is 1.22. The fraction of sp³-hybridized carbons (Fsp3) is 0.344. The molecule has 3 N–H and O–H groups in total. The van der Waals surface area contributed by atoms with Crippen LogP contribution in [0.4, 0.5) is 0 Å². The van der Waals surface area contributed by atoms with Gasteiger partial charge in [0.25, 0.3) is 5.91 Å². The topological polar surface area (TPSA) is 143 Å². The van der Waals surface area contributed by atoms with E-state index in [1.807, 2.05) is 53.7 Å². The van der Waals surface area contributed by atoms with E-state index in [2.05, 4.69) is 15.4 Å². The van der Waals surface area contributed by atoms with Crippen molar-refractivity contribution in [1.82, 2.24) is 19.7 Å². The van der Waals surface area contributed by atoms with Gasteiger partial charge in [0.1, 0.15) is 25.3 Å². The third-order valence-corrected chi connectivity index (χ3v) is 10.2. The number of ether oxygens (including phenoxy) is 2. The number of ketones is 1. The van der Waals surface area contributed by atoms with Crippen molar-refractivity contribution in [3.8, 4) is 11.5 Å². The molecule has 13 heteroatoms. The Morgan fingerprint density at radius 1 is 0.956 bits per heavy atom. The largest absolute Gasteiger partial charge is 0.486 e. The van der Waals surface area contributed by atoms with Crippen molar-refractivity contribution in [2.45, 2.75) is 48.1 Å². The highest BCUT2D eigenvalue weighted by Crippen LogP contribution is 2.42. The predicted molar refractivity (Wildman–Crippen MR) is 170 cm³/mol. The molecular weight excluding hydrogens is 617 g/mol. The maximum atomic E-state index is 13.7. The molecule has 0 radical (unpaired) electrons. The molecule has 2 aliphatic heterocycles. The van der Waals surface area contributed by atoms with Gasteiger partial charge in [-0.05, 0) is 60.2 Å². The molecule has 45 heavy (non-hydrogen) atoms. The van der Waals surface area contributed by atoms with E-state index in [9.17, 15) is 22.8 Å². The number of fused-ring (bicyclic) bond motifs is 2. The highest BCUT2D eigenvalue weighted by atomic mass is 32.2. The maximum absolute atomic E-state index is 13.7. The fourth-order valence-electron chi connectivity index (χ4n) is 5.12. The lowest BCUT2D eigenvalue weighted by Gasteiger charge is -2.35. The van der Waals surface area contributed by atoms with E-state index >= 15 is 0 Å². The van der Waals surface area contributed by atoms with Crippen molar-refractivity contribution in [3.63, 3.8) is 0 Å². The number of nitrogens with zero attached hydrogens (tertiary/aromatic N) is 1. The number of nitrogens with one attached hydrogen (secondary N) is 3. The minimum absolute atomic E-state index is 0.0731. The molecule has 2 heterocycles. The summed E-state index contributed by atoms with van der Waals surface area (Å²) in [6.07, 6.45) is 0.802. The van der Waals surface area contributed by atoms with Crippen LogP contribution >= 0.6 is 11.9 Å². The highest BCUT2D eigenvalue weighted by Gasteiger charge is 2.36. The van der Waals surface area contributed by atoms with Gasteiger partial charge in [0, 0.05) is 31.0 Å². The molecule has 0 spiro atoms. The number of hydrogen-bond donors (Lipinski definition) is 3. The lowest BCUT2D eigenvalue weighted by atomic mass is 9.99. The monoisotopic (exact) mass is 652 g/mol. The predicted octanol–water partition coefficient (Wildman–Crippen LogP) is 2.49. The van der Waals surface area contributed by atoms with Crippen LogP contribution in [0.2, 0.25) is 0 Å². The number of amides is 2.